The molecule has 0 saturated heterocycles. The van der Waals surface area contributed by atoms with Gasteiger partial charge in [-0.15, -0.1) is 0 Å². The molecule has 0 unspecified atom stereocenters. The molecule has 2 heterocycles. The first kappa shape index (κ1) is 19.6. The van der Waals surface area contributed by atoms with Gasteiger partial charge in [0.15, 0.2) is 0 Å². The summed E-state index contributed by atoms with van der Waals surface area (Å²) in [5.41, 5.74) is 4.89. The molecule has 31 heavy (non-hydrogen) atoms. The number of hydrogen-bond acceptors (Lipinski definition) is 3. The summed E-state index contributed by atoms with van der Waals surface area (Å²) >= 11 is 1.30. The number of carbonyl (C=O) groups excluding carboxylic acids is 1. The van der Waals surface area contributed by atoms with Gasteiger partial charge in [0.05, 0.1) is 11.8 Å². The average Bonchev–Trinajstić information content (AvgIpc) is 3.34. The molecule has 0 radical (unpaired) electrons. The van der Waals surface area contributed by atoms with Gasteiger partial charge in [-0.2, -0.15) is 5.10 Å². The van der Waals surface area contributed by atoms with Gasteiger partial charge in [-0.1, -0.05) is 60.3 Å². The van der Waals surface area contributed by atoms with E-state index in [2.05, 4.69) is 17.2 Å². The van der Waals surface area contributed by atoms with Gasteiger partial charge < -0.3 is 4.90 Å². The van der Waals surface area contributed by atoms with E-state index in [9.17, 15) is 9.18 Å². The monoisotopic (exact) mass is 429 g/mol. The Balaban J connectivity index is 1.35. The van der Waals surface area contributed by atoms with Crippen molar-refractivity contribution in [2.24, 2.45) is 7.05 Å². The van der Waals surface area contributed by atoms with Gasteiger partial charge in [0.2, 0.25) is 0 Å². The number of halogens is 1. The van der Waals surface area contributed by atoms with E-state index in [1.165, 1.54) is 17.8 Å². The SMILES string of the molecule is Cn1cc(-c2ccc(CN3Cc4cccc(Sc5ccccc5F)c4C3=O)cc2)cn1. The Morgan fingerprint density at radius 2 is 1.74 bits per heavy atom. The number of amides is 1. The molecule has 3 aromatic carbocycles. The molecule has 1 aliphatic heterocycles. The third-order valence-electron chi connectivity index (χ3n) is 5.40. The van der Waals surface area contributed by atoms with Crippen LogP contribution in [-0.4, -0.2) is 20.6 Å². The van der Waals surface area contributed by atoms with E-state index < -0.39 is 0 Å². The molecule has 0 fully saturated rings. The highest BCUT2D eigenvalue weighted by molar-refractivity contribution is 7.99. The van der Waals surface area contributed by atoms with E-state index >= 15 is 0 Å². The first-order valence-corrected chi connectivity index (χ1v) is 10.8. The van der Waals surface area contributed by atoms with Crippen molar-refractivity contribution in [3.63, 3.8) is 0 Å². The van der Waals surface area contributed by atoms with Crippen LogP contribution in [0.4, 0.5) is 4.39 Å². The zero-order valence-corrected chi connectivity index (χ0v) is 17.8. The predicted molar refractivity (Wildman–Crippen MR) is 119 cm³/mol. The summed E-state index contributed by atoms with van der Waals surface area (Å²) in [7, 11) is 1.90. The molecule has 154 valence electrons. The Hall–Kier alpha value is -3.38. The predicted octanol–water partition coefficient (Wildman–Crippen LogP) is 5.53. The Bertz CT molecular complexity index is 1270. The van der Waals surface area contributed by atoms with E-state index in [1.54, 1.807) is 22.9 Å². The van der Waals surface area contributed by atoms with Crippen LogP contribution in [0, 0.1) is 5.82 Å². The number of rotatable bonds is 5. The molecule has 5 rings (SSSR count). The minimum absolute atomic E-state index is 0.00854. The molecule has 1 aromatic heterocycles. The first-order valence-electron chi connectivity index (χ1n) is 10.00. The lowest BCUT2D eigenvalue weighted by Crippen LogP contribution is -2.23. The van der Waals surface area contributed by atoms with Crippen molar-refractivity contribution >= 4 is 17.7 Å². The number of hydrogen-bond donors (Lipinski definition) is 0. The normalized spacial score (nSPS) is 13.0. The molecule has 4 aromatic rings. The minimum Gasteiger partial charge on any atom is -0.330 e. The fourth-order valence-electron chi connectivity index (χ4n) is 3.84. The average molecular weight is 430 g/mol. The molecule has 0 spiro atoms. The van der Waals surface area contributed by atoms with Crippen molar-refractivity contribution in [2.45, 2.75) is 22.9 Å². The first-order chi connectivity index (χ1) is 15.1. The van der Waals surface area contributed by atoms with Crippen molar-refractivity contribution in [3.8, 4) is 11.1 Å². The van der Waals surface area contributed by atoms with Crippen LogP contribution in [0.2, 0.25) is 0 Å². The highest BCUT2D eigenvalue weighted by atomic mass is 32.2. The summed E-state index contributed by atoms with van der Waals surface area (Å²) in [6.45, 7) is 1.09. The summed E-state index contributed by atoms with van der Waals surface area (Å²) in [6, 6.07) is 20.7. The maximum absolute atomic E-state index is 14.1. The third-order valence-corrected chi connectivity index (χ3v) is 6.51. The molecule has 0 atom stereocenters. The highest BCUT2D eigenvalue weighted by Gasteiger charge is 2.30. The van der Waals surface area contributed by atoms with Crippen molar-refractivity contribution in [3.05, 3.63) is 102 Å². The number of carbonyl (C=O) groups is 1. The molecule has 0 bridgehead atoms. The standard InChI is InChI=1S/C25H20FN3OS/c1-28-15-20(13-27-28)18-11-9-17(10-12-18)14-29-16-19-5-4-8-23(24(19)25(29)30)31-22-7-3-2-6-21(22)26/h2-13,15H,14,16H2,1H3. The number of fused-ring (bicyclic) bond motifs is 1. The van der Waals surface area contributed by atoms with Crippen molar-refractivity contribution in [1.82, 2.24) is 14.7 Å². The fraction of sp³-hybridized carbons (Fsp3) is 0.120. The lowest BCUT2D eigenvalue weighted by Gasteiger charge is -2.16. The second kappa shape index (κ2) is 8.04. The van der Waals surface area contributed by atoms with E-state index in [0.29, 0.717) is 23.5 Å². The lowest BCUT2D eigenvalue weighted by atomic mass is 10.1. The van der Waals surface area contributed by atoms with E-state index in [1.807, 2.05) is 54.7 Å². The van der Waals surface area contributed by atoms with Gasteiger partial charge in [-0.3, -0.25) is 9.48 Å². The number of aromatic nitrogens is 2. The van der Waals surface area contributed by atoms with Gasteiger partial charge in [0.25, 0.3) is 5.91 Å². The van der Waals surface area contributed by atoms with Crippen molar-refractivity contribution in [1.29, 1.82) is 0 Å². The molecule has 6 heteroatoms. The molecule has 0 aliphatic carbocycles. The Morgan fingerprint density at radius 3 is 2.48 bits per heavy atom. The Morgan fingerprint density at radius 1 is 0.968 bits per heavy atom. The van der Waals surface area contributed by atoms with Gasteiger partial charge in [0.1, 0.15) is 5.82 Å². The molecule has 1 amide bonds. The van der Waals surface area contributed by atoms with Gasteiger partial charge in [-0.25, -0.2) is 4.39 Å². The van der Waals surface area contributed by atoms with Crippen LogP contribution >= 0.6 is 11.8 Å². The molecule has 4 nitrogen and oxygen atoms in total. The second-order valence-electron chi connectivity index (χ2n) is 7.58. The zero-order valence-electron chi connectivity index (χ0n) is 17.0. The number of nitrogens with zero attached hydrogens (tertiary/aromatic N) is 3. The van der Waals surface area contributed by atoms with E-state index in [0.717, 1.165) is 27.1 Å². The zero-order chi connectivity index (χ0) is 21.4. The van der Waals surface area contributed by atoms with Crippen LogP contribution in [0.15, 0.2) is 88.9 Å². The smallest absolute Gasteiger partial charge is 0.255 e. The molecule has 1 aliphatic rings. The van der Waals surface area contributed by atoms with Crippen molar-refractivity contribution in [2.75, 3.05) is 0 Å². The Labute approximate surface area is 184 Å². The second-order valence-corrected chi connectivity index (χ2v) is 8.67. The molecule has 0 saturated carbocycles. The van der Waals surface area contributed by atoms with Crippen molar-refractivity contribution < 1.29 is 9.18 Å². The topological polar surface area (TPSA) is 38.1 Å². The minimum atomic E-state index is -0.277. The van der Waals surface area contributed by atoms with E-state index in [-0.39, 0.29) is 11.7 Å². The van der Waals surface area contributed by atoms with Crippen LogP contribution in [0.1, 0.15) is 21.5 Å². The summed E-state index contributed by atoms with van der Waals surface area (Å²) in [4.78, 5) is 16.4. The molecule has 0 N–H and O–H groups in total. The highest BCUT2D eigenvalue weighted by Crippen LogP contribution is 2.37. The number of benzene rings is 3. The summed E-state index contributed by atoms with van der Waals surface area (Å²) in [6.07, 6.45) is 3.81. The fourth-order valence-corrected chi connectivity index (χ4v) is 4.85. The summed E-state index contributed by atoms with van der Waals surface area (Å²) in [5, 5.41) is 4.21. The summed E-state index contributed by atoms with van der Waals surface area (Å²) in [5.74, 6) is -0.285. The Kier molecular flexibility index (Phi) is 5.08. The van der Waals surface area contributed by atoms with Gasteiger partial charge >= 0.3 is 0 Å². The molecular weight excluding hydrogens is 409 g/mol. The summed E-state index contributed by atoms with van der Waals surface area (Å²) < 4.78 is 15.9. The molecular formula is C25H20FN3OS. The number of aryl methyl sites for hydroxylation is 1. The largest absolute Gasteiger partial charge is 0.330 e. The van der Waals surface area contributed by atoms with Gasteiger partial charge in [-0.05, 0) is 34.9 Å². The maximum atomic E-state index is 14.1. The van der Waals surface area contributed by atoms with Crippen LogP contribution < -0.4 is 0 Å². The van der Waals surface area contributed by atoms with Crippen LogP contribution in [-0.2, 0) is 20.1 Å². The van der Waals surface area contributed by atoms with Crippen LogP contribution in [0.5, 0.6) is 0 Å². The van der Waals surface area contributed by atoms with Crippen LogP contribution in [0.3, 0.4) is 0 Å². The van der Waals surface area contributed by atoms with E-state index in [4.69, 9.17) is 0 Å². The van der Waals surface area contributed by atoms with Gasteiger partial charge in [0, 0.05) is 41.7 Å². The van der Waals surface area contributed by atoms with Crippen LogP contribution in [0.25, 0.3) is 11.1 Å². The maximum Gasteiger partial charge on any atom is 0.255 e. The third kappa shape index (κ3) is 3.86. The quantitative estimate of drug-likeness (QED) is 0.418. The lowest BCUT2D eigenvalue weighted by molar-refractivity contribution is 0.0764.